The molecule has 0 aliphatic heterocycles. The third-order valence-electron chi connectivity index (χ3n) is 5.45. The number of furan rings is 1. The van der Waals surface area contributed by atoms with Gasteiger partial charge in [-0.05, 0) is 48.5 Å². The summed E-state index contributed by atoms with van der Waals surface area (Å²) in [4.78, 5) is 20.2. The number of ether oxygens (including phenoxy) is 1. The number of aromatic nitrogens is 2. The summed E-state index contributed by atoms with van der Waals surface area (Å²) in [6.45, 7) is 0.805. The van der Waals surface area contributed by atoms with Crippen molar-refractivity contribution in [3.8, 4) is 17.0 Å². The van der Waals surface area contributed by atoms with Crippen LogP contribution in [0.25, 0.3) is 16.2 Å². The highest BCUT2D eigenvalue weighted by molar-refractivity contribution is 7.15. The smallest absolute Gasteiger partial charge is 0.260 e. The molecule has 0 aliphatic carbocycles. The molecule has 0 aliphatic rings. The van der Waals surface area contributed by atoms with Crippen molar-refractivity contribution in [2.45, 2.75) is 13.0 Å². The lowest BCUT2D eigenvalue weighted by Gasteiger charge is -2.21. The molecule has 5 aromatic rings. The third kappa shape index (κ3) is 5.02. The second-order valence-electron chi connectivity index (χ2n) is 7.76. The number of halogens is 1. The van der Waals surface area contributed by atoms with Crippen LogP contribution in [0.1, 0.15) is 11.5 Å². The van der Waals surface area contributed by atoms with Gasteiger partial charge in [-0.15, -0.1) is 11.3 Å². The quantitative estimate of drug-likeness (QED) is 0.285. The predicted molar refractivity (Wildman–Crippen MR) is 128 cm³/mol. The molecule has 0 saturated heterocycles. The fourth-order valence-corrected chi connectivity index (χ4v) is 4.56. The highest BCUT2D eigenvalue weighted by atomic mass is 32.1. The first-order valence-electron chi connectivity index (χ1n) is 10.8. The zero-order chi connectivity index (χ0) is 23.3. The number of fused-ring (bicyclic) bond motifs is 1. The van der Waals surface area contributed by atoms with Gasteiger partial charge in [-0.25, -0.2) is 9.37 Å². The fraction of sp³-hybridized carbons (Fsp3) is 0.154. The fourth-order valence-electron chi connectivity index (χ4n) is 3.65. The van der Waals surface area contributed by atoms with E-state index in [2.05, 4.69) is 4.98 Å². The van der Waals surface area contributed by atoms with Crippen LogP contribution in [0.3, 0.4) is 0 Å². The number of carbonyl (C=O) groups is 1. The molecule has 0 N–H and O–H groups in total. The van der Waals surface area contributed by atoms with Gasteiger partial charge in [-0.1, -0.05) is 18.2 Å². The first-order chi connectivity index (χ1) is 16.7. The molecule has 6 nitrogen and oxygen atoms in total. The van der Waals surface area contributed by atoms with E-state index in [1.165, 1.54) is 23.5 Å². The van der Waals surface area contributed by atoms with E-state index in [0.717, 1.165) is 21.9 Å². The summed E-state index contributed by atoms with van der Waals surface area (Å²) >= 11 is 1.54. The maximum atomic E-state index is 13.3. The number of rotatable bonds is 9. The van der Waals surface area contributed by atoms with E-state index in [1.807, 2.05) is 58.4 Å². The third-order valence-corrected chi connectivity index (χ3v) is 6.33. The molecular weight excluding hydrogens is 453 g/mol. The molecule has 0 fully saturated rings. The van der Waals surface area contributed by atoms with Crippen molar-refractivity contribution in [1.29, 1.82) is 0 Å². The van der Waals surface area contributed by atoms with Gasteiger partial charge >= 0.3 is 0 Å². The Morgan fingerprint density at radius 1 is 1.09 bits per heavy atom. The number of imidazole rings is 1. The number of nitrogens with zero attached hydrogens (tertiary/aromatic N) is 3. The summed E-state index contributed by atoms with van der Waals surface area (Å²) in [5.74, 6) is 0.970. The molecule has 1 amide bonds. The SMILES string of the molecule is O=C(COc1ccccc1)N(CCc1csc2nc(-c3ccc(F)cc3)cn12)Cc1ccco1. The molecule has 8 heteroatoms. The van der Waals surface area contributed by atoms with Crippen LogP contribution in [-0.2, 0) is 17.8 Å². The number of benzene rings is 2. The van der Waals surface area contributed by atoms with E-state index < -0.39 is 0 Å². The van der Waals surface area contributed by atoms with Gasteiger partial charge in [0, 0.05) is 35.8 Å². The van der Waals surface area contributed by atoms with Crippen molar-refractivity contribution in [3.63, 3.8) is 0 Å². The number of carbonyl (C=O) groups excluding carboxylic acids is 1. The van der Waals surface area contributed by atoms with Gasteiger partial charge in [0.2, 0.25) is 0 Å². The van der Waals surface area contributed by atoms with Gasteiger partial charge in [-0.3, -0.25) is 9.20 Å². The van der Waals surface area contributed by atoms with E-state index in [1.54, 1.807) is 23.3 Å². The standard InChI is InChI=1S/C26H22FN3O3S/c27-20-10-8-19(9-11-20)24-16-30-21(18-34-26(30)28-24)12-13-29(15-23-7-4-14-32-23)25(31)17-33-22-5-2-1-3-6-22/h1-11,14,16,18H,12-13,15,17H2. The van der Waals surface area contributed by atoms with Crippen molar-refractivity contribution in [2.24, 2.45) is 0 Å². The molecule has 0 unspecified atom stereocenters. The van der Waals surface area contributed by atoms with Crippen molar-refractivity contribution in [2.75, 3.05) is 13.2 Å². The average molecular weight is 476 g/mol. The number of hydrogen-bond donors (Lipinski definition) is 0. The molecule has 172 valence electrons. The van der Waals surface area contributed by atoms with E-state index in [-0.39, 0.29) is 18.3 Å². The maximum absolute atomic E-state index is 13.3. The molecule has 0 atom stereocenters. The summed E-state index contributed by atoms with van der Waals surface area (Å²) in [5, 5.41) is 2.05. The van der Waals surface area contributed by atoms with Crippen molar-refractivity contribution in [1.82, 2.24) is 14.3 Å². The lowest BCUT2D eigenvalue weighted by molar-refractivity contribution is -0.134. The number of hydrogen-bond acceptors (Lipinski definition) is 5. The van der Waals surface area contributed by atoms with Crippen molar-refractivity contribution >= 4 is 22.2 Å². The second kappa shape index (κ2) is 9.93. The van der Waals surface area contributed by atoms with E-state index in [4.69, 9.17) is 9.15 Å². The number of thiazole rings is 1. The Bertz CT molecular complexity index is 1360. The summed E-state index contributed by atoms with van der Waals surface area (Å²) < 4.78 is 26.4. The highest BCUT2D eigenvalue weighted by Crippen LogP contribution is 2.24. The van der Waals surface area contributed by atoms with Crippen LogP contribution in [0.2, 0.25) is 0 Å². The maximum Gasteiger partial charge on any atom is 0.260 e. The number of amides is 1. The van der Waals surface area contributed by atoms with Gasteiger partial charge < -0.3 is 14.1 Å². The Morgan fingerprint density at radius 3 is 2.68 bits per heavy atom. The molecular formula is C26H22FN3O3S. The zero-order valence-electron chi connectivity index (χ0n) is 18.3. The van der Waals surface area contributed by atoms with Gasteiger partial charge in [0.15, 0.2) is 11.6 Å². The van der Waals surface area contributed by atoms with Crippen molar-refractivity contribution < 1.29 is 18.3 Å². The minimum atomic E-state index is -0.275. The summed E-state index contributed by atoms with van der Waals surface area (Å²) in [7, 11) is 0. The van der Waals surface area contributed by atoms with Gasteiger partial charge in [-0.2, -0.15) is 0 Å². The van der Waals surface area contributed by atoms with Crippen LogP contribution in [0.4, 0.5) is 4.39 Å². The lowest BCUT2D eigenvalue weighted by Crippen LogP contribution is -2.36. The van der Waals surface area contributed by atoms with E-state index in [9.17, 15) is 9.18 Å². The van der Waals surface area contributed by atoms with Crippen LogP contribution in [0.15, 0.2) is 89.0 Å². The molecule has 34 heavy (non-hydrogen) atoms. The molecule has 0 bridgehead atoms. The molecule has 0 spiro atoms. The molecule has 2 aromatic carbocycles. The van der Waals surface area contributed by atoms with Crippen LogP contribution in [0, 0.1) is 5.82 Å². The minimum Gasteiger partial charge on any atom is -0.484 e. The molecule has 3 heterocycles. The van der Waals surface area contributed by atoms with E-state index >= 15 is 0 Å². The normalized spacial score (nSPS) is 11.1. The van der Waals surface area contributed by atoms with Gasteiger partial charge in [0.1, 0.15) is 17.3 Å². The topological polar surface area (TPSA) is 60.0 Å². The monoisotopic (exact) mass is 475 g/mol. The Labute approximate surface area is 199 Å². The molecule has 0 radical (unpaired) electrons. The van der Waals surface area contributed by atoms with Crippen LogP contribution in [0.5, 0.6) is 5.75 Å². The second-order valence-corrected chi connectivity index (χ2v) is 8.60. The lowest BCUT2D eigenvalue weighted by atomic mass is 10.2. The van der Waals surface area contributed by atoms with Gasteiger partial charge in [0.25, 0.3) is 5.91 Å². The van der Waals surface area contributed by atoms with Crippen LogP contribution >= 0.6 is 11.3 Å². The summed E-state index contributed by atoms with van der Waals surface area (Å²) in [6, 6.07) is 19.2. The van der Waals surface area contributed by atoms with E-state index in [0.29, 0.717) is 31.0 Å². The highest BCUT2D eigenvalue weighted by Gasteiger charge is 2.18. The molecule has 3 aromatic heterocycles. The summed E-state index contributed by atoms with van der Waals surface area (Å²) in [5.41, 5.74) is 2.69. The number of para-hydroxylation sites is 1. The first kappa shape index (κ1) is 21.9. The van der Waals surface area contributed by atoms with Crippen molar-refractivity contribution in [3.05, 3.63) is 102 Å². The van der Waals surface area contributed by atoms with Crippen LogP contribution < -0.4 is 4.74 Å². The predicted octanol–water partition coefficient (Wildman–Crippen LogP) is 5.45. The average Bonchev–Trinajstić information content (AvgIpc) is 3.60. The Morgan fingerprint density at radius 2 is 1.91 bits per heavy atom. The first-order valence-corrected chi connectivity index (χ1v) is 11.7. The Balaban J connectivity index is 1.30. The van der Waals surface area contributed by atoms with Crippen LogP contribution in [-0.4, -0.2) is 33.3 Å². The molecule has 0 saturated carbocycles. The largest absolute Gasteiger partial charge is 0.484 e. The zero-order valence-corrected chi connectivity index (χ0v) is 19.1. The Kier molecular flexibility index (Phi) is 6.40. The Hall–Kier alpha value is -3.91. The molecule has 5 rings (SSSR count). The van der Waals surface area contributed by atoms with Gasteiger partial charge in [0.05, 0.1) is 18.5 Å². The summed E-state index contributed by atoms with van der Waals surface area (Å²) in [6.07, 6.45) is 4.19. The minimum absolute atomic E-state index is 0.0520.